The average Bonchev–Trinajstić information content (AvgIpc) is 3.27. The number of furan rings is 1. The van der Waals surface area contributed by atoms with Gasteiger partial charge in [0.2, 0.25) is 5.91 Å². The fraction of sp³-hybridized carbons (Fsp3) is 0.300. The van der Waals surface area contributed by atoms with Crippen molar-refractivity contribution < 1.29 is 22.2 Å². The quantitative estimate of drug-likeness (QED) is 0.650. The number of carbonyl (C=O) groups excluding carboxylic acids is 1. The van der Waals surface area contributed by atoms with Crippen LogP contribution in [-0.2, 0) is 21.2 Å². The van der Waals surface area contributed by atoms with Crippen LogP contribution in [-0.4, -0.2) is 25.2 Å². The molecule has 0 spiro atoms. The van der Waals surface area contributed by atoms with Gasteiger partial charge in [0.25, 0.3) is 0 Å². The van der Waals surface area contributed by atoms with E-state index in [4.69, 9.17) is 8.94 Å². The Morgan fingerprint density at radius 3 is 2.54 bits per heavy atom. The maximum absolute atomic E-state index is 12.8. The molecular formula is C20H22N2O5S. The van der Waals surface area contributed by atoms with E-state index < -0.39 is 9.84 Å². The average molecular weight is 402 g/mol. The third-order valence-corrected chi connectivity index (χ3v) is 6.14. The molecule has 0 saturated heterocycles. The zero-order valence-electron chi connectivity index (χ0n) is 16.0. The van der Waals surface area contributed by atoms with E-state index in [1.807, 2.05) is 6.92 Å². The Labute approximate surface area is 163 Å². The van der Waals surface area contributed by atoms with Gasteiger partial charge in [-0.15, -0.1) is 0 Å². The summed E-state index contributed by atoms with van der Waals surface area (Å²) >= 11 is 0. The van der Waals surface area contributed by atoms with Gasteiger partial charge in [-0.2, -0.15) is 0 Å². The van der Waals surface area contributed by atoms with Gasteiger partial charge in [0, 0.05) is 18.1 Å². The summed E-state index contributed by atoms with van der Waals surface area (Å²) in [7, 11) is -3.63. The minimum absolute atomic E-state index is 0.132. The number of nitrogens with zero attached hydrogens (tertiary/aromatic N) is 1. The zero-order chi connectivity index (χ0) is 20.3. The van der Waals surface area contributed by atoms with E-state index in [1.54, 1.807) is 50.2 Å². The second-order valence-electron chi connectivity index (χ2n) is 6.67. The first-order valence-electron chi connectivity index (χ1n) is 8.84. The normalized spacial score (nSPS) is 11.5. The highest BCUT2D eigenvalue weighted by Gasteiger charge is 2.20. The number of benzene rings is 1. The van der Waals surface area contributed by atoms with E-state index in [1.165, 1.54) is 0 Å². The first-order valence-corrected chi connectivity index (χ1v) is 10.5. The number of hydrogen-bond acceptors (Lipinski definition) is 6. The second kappa shape index (κ2) is 8.02. The maximum atomic E-state index is 12.8. The first-order chi connectivity index (χ1) is 13.2. The summed E-state index contributed by atoms with van der Waals surface area (Å²) in [5, 5.41) is 6.50. The highest BCUT2D eigenvalue weighted by molar-refractivity contribution is 7.91. The van der Waals surface area contributed by atoms with Gasteiger partial charge in [-0.1, -0.05) is 17.3 Å². The minimum Gasteiger partial charge on any atom is -0.465 e. The molecule has 0 atom stereocenters. The molecule has 8 heteroatoms. The predicted octanol–water partition coefficient (Wildman–Crippen LogP) is 3.34. The molecule has 28 heavy (non-hydrogen) atoms. The lowest BCUT2D eigenvalue weighted by Gasteiger charge is -2.09. The number of nitrogens with one attached hydrogen (secondary N) is 1. The van der Waals surface area contributed by atoms with Crippen molar-refractivity contribution in [2.75, 3.05) is 5.75 Å². The molecule has 1 N–H and O–H groups in total. The Kier molecular flexibility index (Phi) is 5.69. The van der Waals surface area contributed by atoms with Gasteiger partial charge in [-0.25, -0.2) is 8.42 Å². The molecule has 0 radical (unpaired) electrons. The maximum Gasteiger partial charge on any atom is 0.221 e. The van der Waals surface area contributed by atoms with Gasteiger partial charge >= 0.3 is 0 Å². The number of carbonyl (C=O) groups is 1. The van der Waals surface area contributed by atoms with E-state index in [0.29, 0.717) is 28.3 Å². The molecule has 3 aromatic rings. The number of aryl methyl sites for hydroxylation is 3. The number of aromatic nitrogens is 1. The van der Waals surface area contributed by atoms with Crippen LogP contribution in [0.4, 0.5) is 0 Å². The molecule has 0 fully saturated rings. The Bertz CT molecular complexity index is 1100. The summed E-state index contributed by atoms with van der Waals surface area (Å²) in [6, 6.07) is 10.4. The van der Waals surface area contributed by atoms with E-state index in [9.17, 15) is 13.2 Å². The molecule has 0 bridgehead atoms. The van der Waals surface area contributed by atoms with Crippen molar-refractivity contribution in [1.82, 2.24) is 10.5 Å². The van der Waals surface area contributed by atoms with Crippen molar-refractivity contribution in [2.45, 2.75) is 38.6 Å². The van der Waals surface area contributed by atoms with Crippen molar-refractivity contribution in [2.24, 2.45) is 0 Å². The molecule has 2 heterocycles. The predicted molar refractivity (Wildman–Crippen MR) is 103 cm³/mol. The number of rotatable bonds is 7. The standard InChI is InChI=1S/C20H22N2O5S/c1-13-4-6-16(18-10-14(2)22-27-18)11-19(13)28(24,25)9-8-20(23)21-12-17-7-5-15(3)26-17/h4-7,10-11H,8-9,12H2,1-3H3,(H,21,23). The number of sulfone groups is 1. The van der Waals surface area contributed by atoms with Crippen molar-refractivity contribution in [3.63, 3.8) is 0 Å². The molecule has 1 amide bonds. The molecule has 2 aromatic heterocycles. The molecule has 1 aromatic carbocycles. The molecule has 148 valence electrons. The van der Waals surface area contributed by atoms with Gasteiger partial charge in [0.05, 0.1) is 22.9 Å². The van der Waals surface area contributed by atoms with Crippen LogP contribution in [0.15, 0.2) is 50.2 Å². The first kappa shape index (κ1) is 19.9. The second-order valence-corrected chi connectivity index (χ2v) is 8.75. The number of hydrogen-bond donors (Lipinski definition) is 1. The van der Waals surface area contributed by atoms with Crippen molar-refractivity contribution in [1.29, 1.82) is 0 Å². The molecule has 0 aliphatic heterocycles. The SMILES string of the molecule is Cc1cc(-c2ccc(C)c(S(=O)(=O)CCC(=O)NCc3ccc(C)o3)c2)on1. The lowest BCUT2D eigenvalue weighted by molar-refractivity contribution is -0.120. The van der Waals surface area contributed by atoms with Crippen LogP contribution in [0.2, 0.25) is 0 Å². The van der Waals surface area contributed by atoms with E-state index in [2.05, 4.69) is 10.5 Å². The van der Waals surface area contributed by atoms with Crippen LogP contribution >= 0.6 is 0 Å². The molecule has 0 unspecified atom stereocenters. The van der Waals surface area contributed by atoms with Crippen LogP contribution in [0.25, 0.3) is 11.3 Å². The van der Waals surface area contributed by atoms with Gasteiger partial charge in [-0.05, 0) is 44.5 Å². The Morgan fingerprint density at radius 1 is 1.11 bits per heavy atom. The van der Waals surface area contributed by atoms with Crippen molar-refractivity contribution in [3.05, 3.63) is 59.2 Å². The Hall–Kier alpha value is -2.87. The van der Waals surface area contributed by atoms with Gasteiger partial charge in [-0.3, -0.25) is 4.79 Å². The molecule has 7 nitrogen and oxygen atoms in total. The smallest absolute Gasteiger partial charge is 0.221 e. The third kappa shape index (κ3) is 4.69. The summed E-state index contributed by atoms with van der Waals surface area (Å²) in [4.78, 5) is 12.2. The summed E-state index contributed by atoms with van der Waals surface area (Å²) < 4.78 is 36.1. The van der Waals surface area contributed by atoms with E-state index in [0.717, 1.165) is 5.76 Å². The van der Waals surface area contributed by atoms with Gasteiger partial charge in [0.15, 0.2) is 15.6 Å². The topological polar surface area (TPSA) is 102 Å². The highest BCUT2D eigenvalue weighted by Crippen LogP contribution is 2.26. The van der Waals surface area contributed by atoms with Crippen LogP contribution < -0.4 is 5.32 Å². The van der Waals surface area contributed by atoms with Crippen LogP contribution in [0, 0.1) is 20.8 Å². The molecule has 0 aliphatic carbocycles. The molecular weight excluding hydrogens is 380 g/mol. The lowest BCUT2D eigenvalue weighted by atomic mass is 10.1. The molecule has 0 saturated carbocycles. The third-order valence-electron chi connectivity index (χ3n) is 4.29. The summed E-state index contributed by atoms with van der Waals surface area (Å²) in [6.45, 7) is 5.56. The van der Waals surface area contributed by atoms with E-state index in [-0.39, 0.29) is 29.5 Å². The fourth-order valence-electron chi connectivity index (χ4n) is 2.78. The van der Waals surface area contributed by atoms with Crippen molar-refractivity contribution in [3.8, 4) is 11.3 Å². The van der Waals surface area contributed by atoms with Crippen LogP contribution in [0.5, 0.6) is 0 Å². The highest BCUT2D eigenvalue weighted by atomic mass is 32.2. The largest absolute Gasteiger partial charge is 0.465 e. The number of amides is 1. The molecule has 3 rings (SSSR count). The zero-order valence-corrected chi connectivity index (χ0v) is 16.8. The summed E-state index contributed by atoms with van der Waals surface area (Å²) in [5.41, 5.74) is 1.96. The fourth-order valence-corrected chi connectivity index (χ4v) is 4.32. The monoisotopic (exact) mass is 402 g/mol. The summed E-state index contributed by atoms with van der Waals surface area (Å²) in [5.74, 6) is 1.25. The molecule has 0 aliphatic rings. The van der Waals surface area contributed by atoms with Crippen LogP contribution in [0.1, 0.15) is 29.2 Å². The lowest BCUT2D eigenvalue weighted by Crippen LogP contribution is -2.25. The summed E-state index contributed by atoms with van der Waals surface area (Å²) in [6.07, 6.45) is -0.132. The Morgan fingerprint density at radius 2 is 1.89 bits per heavy atom. The van der Waals surface area contributed by atoms with Crippen LogP contribution in [0.3, 0.4) is 0 Å². The van der Waals surface area contributed by atoms with E-state index >= 15 is 0 Å². The van der Waals surface area contributed by atoms with Crippen molar-refractivity contribution >= 4 is 15.7 Å². The van der Waals surface area contributed by atoms with Gasteiger partial charge < -0.3 is 14.3 Å². The Balaban J connectivity index is 1.67. The van der Waals surface area contributed by atoms with Gasteiger partial charge in [0.1, 0.15) is 11.5 Å². The minimum atomic E-state index is -3.63.